The van der Waals surface area contributed by atoms with Crippen LogP contribution in [0, 0.1) is 5.82 Å². The van der Waals surface area contributed by atoms with Crippen molar-refractivity contribution in [2.45, 2.75) is 44.2 Å². The maximum Gasteiger partial charge on any atom is 0.222 e. The number of nitrogens with zero attached hydrogens (tertiary/aromatic N) is 1. The number of amides is 1. The van der Waals surface area contributed by atoms with Gasteiger partial charge in [-0.3, -0.25) is 4.79 Å². The Morgan fingerprint density at radius 3 is 2.64 bits per heavy atom. The molecule has 1 amide bonds. The van der Waals surface area contributed by atoms with E-state index in [1.807, 2.05) is 35.2 Å². The summed E-state index contributed by atoms with van der Waals surface area (Å²) in [7, 11) is 0. The van der Waals surface area contributed by atoms with Crippen LogP contribution in [0.25, 0.3) is 0 Å². The lowest BCUT2D eigenvalue weighted by atomic mass is 10.0. The summed E-state index contributed by atoms with van der Waals surface area (Å²) in [5, 5.41) is 3.11. The molecule has 1 aliphatic carbocycles. The number of carbonyl (C=O) groups excluding carboxylic acids is 1. The first kappa shape index (κ1) is 14.8. The van der Waals surface area contributed by atoms with Gasteiger partial charge in [0.2, 0.25) is 5.91 Å². The third-order valence-corrected chi connectivity index (χ3v) is 4.32. The highest BCUT2D eigenvalue weighted by Gasteiger charge is 2.21. The largest absolute Gasteiger partial charge is 0.353 e. The first-order chi connectivity index (χ1) is 10.7. The SMILES string of the molecule is O=C(CC(c1cccc(F)c1)n1cccc1)NC1CCCC1. The van der Waals surface area contributed by atoms with Crippen molar-refractivity contribution in [1.82, 2.24) is 9.88 Å². The quantitative estimate of drug-likeness (QED) is 0.898. The van der Waals surface area contributed by atoms with Crippen LogP contribution in [0.3, 0.4) is 0 Å². The summed E-state index contributed by atoms with van der Waals surface area (Å²) in [4.78, 5) is 12.3. The summed E-state index contributed by atoms with van der Waals surface area (Å²) < 4.78 is 15.5. The van der Waals surface area contributed by atoms with Crippen LogP contribution < -0.4 is 5.32 Å². The molecule has 3 nitrogen and oxygen atoms in total. The van der Waals surface area contributed by atoms with E-state index < -0.39 is 0 Å². The second-order valence-electron chi connectivity index (χ2n) is 5.95. The van der Waals surface area contributed by atoms with Crippen molar-refractivity contribution in [2.75, 3.05) is 0 Å². The molecule has 0 radical (unpaired) electrons. The van der Waals surface area contributed by atoms with Gasteiger partial charge in [-0.2, -0.15) is 0 Å². The molecule has 4 heteroatoms. The molecule has 1 heterocycles. The molecule has 0 aliphatic heterocycles. The second kappa shape index (κ2) is 6.77. The van der Waals surface area contributed by atoms with Gasteiger partial charge in [0.1, 0.15) is 5.82 Å². The molecular formula is C18H21FN2O. The van der Waals surface area contributed by atoms with Crippen LogP contribution in [-0.4, -0.2) is 16.5 Å². The minimum atomic E-state index is -0.272. The molecule has 2 aromatic rings. The molecule has 0 saturated heterocycles. The predicted octanol–water partition coefficient (Wildman–Crippen LogP) is 3.67. The van der Waals surface area contributed by atoms with Gasteiger partial charge in [0.05, 0.1) is 12.5 Å². The predicted molar refractivity (Wildman–Crippen MR) is 84.0 cm³/mol. The molecule has 22 heavy (non-hydrogen) atoms. The van der Waals surface area contributed by atoms with E-state index in [0.717, 1.165) is 18.4 Å². The van der Waals surface area contributed by atoms with Crippen molar-refractivity contribution in [1.29, 1.82) is 0 Å². The normalized spacial score (nSPS) is 16.6. The van der Waals surface area contributed by atoms with Gasteiger partial charge in [-0.15, -0.1) is 0 Å². The van der Waals surface area contributed by atoms with Crippen LogP contribution in [0.1, 0.15) is 43.7 Å². The Kier molecular flexibility index (Phi) is 4.56. The average Bonchev–Trinajstić information content (AvgIpc) is 3.18. The van der Waals surface area contributed by atoms with Crippen molar-refractivity contribution in [3.8, 4) is 0 Å². The smallest absolute Gasteiger partial charge is 0.222 e. The van der Waals surface area contributed by atoms with Crippen LogP contribution in [0.15, 0.2) is 48.8 Å². The first-order valence-electron chi connectivity index (χ1n) is 7.89. The molecule has 1 unspecified atom stereocenters. The van der Waals surface area contributed by atoms with Gasteiger partial charge in [0, 0.05) is 18.4 Å². The zero-order valence-corrected chi connectivity index (χ0v) is 12.5. The minimum absolute atomic E-state index is 0.0369. The molecular weight excluding hydrogens is 279 g/mol. The Hall–Kier alpha value is -2.10. The number of hydrogen-bond donors (Lipinski definition) is 1. The lowest BCUT2D eigenvalue weighted by Crippen LogP contribution is -2.34. The molecule has 1 atom stereocenters. The van der Waals surface area contributed by atoms with E-state index in [1.165, 1.54) is 25.0 Å². The van der Waals surface area contributed by atoms with E-state index in [4.69, 9.17) is 0 Å². The first-order valence-corrected chi connectivity index (χ1v) is 7.89. The number of nitrogens with one attached hydrogen (secondary N) is 1. The van der Waals surface area contributed by atoms with Crippen molar-refractivity contribution in [2.24, 2.45) is 0 Å². The van der Waals surface area contributed by atoms with E-state index in [9.17, 15) is 9.18 Å². The summed E-state index contributed by atoms with van der Waals surface area (Å²) in [6.07, 6.45) is 8.68. The highest BCUT2D eigenvalue weighted by Crippen LogP contribution is 2.24. The lowest BCUT2D eigenvalue weighted by molar-refractivity contribution is -0.122. The van der Waals surface area contributed by atoms with E-state index in [-0.39, 0.29) is 17.8 Å². The van der Waals surface area contributed by atoms with Gasteiger partial charge in [-0.25, -0.2) is 4.39 Å². The van der Waals surface area contributed by atoms with E-state index >= 15 is 0 Å². The molecule has 116 valence electrons. The van der Waals surface area contributed by atoms with Gasteiger partial charge in [-0.05, 0) is 42.7 Å². The number of carbonyl (C=O) groups is 1. The Bertz CT molecular complexity index is 618. The zero-order chi connectivity index (χ0) is 15.4. The molecule has 1 aromatic carbocycles. The molecule has 0 spiro atoms. The monoisotopic (exact) mass is 300 g/mol. The molecule has 1 N–H and O–H groups in total. The molecule has 1 fully saturated rings. The van der Waals surface area contributed by atoms with Crippen LogP contribution in [0.4, 0.5) is 4.39 Å². The fourth-order valence-corrected chi connectivity index (χ4v) is 3.20. The molecule has 1 saturated carbocycles. The Balaban J connectivity index is 1.75. The Labute approximate surface area is 130 Å². The average molecular weight is 300 g/mol. The van der Waals surface area contributed by atoms with E-state index in [1.54, 1.807) is 6.07 Å². The van der Waals surface area contributed by atoms with Gasteiger partial charge in [-0.1, -0.05) is 25.0 Å². The van der Waals surface area contributed by atoms with Crippen molar-refractivity contribution in [3.05, 3.63) is 60.2 Å². The van der Waals surface area contributed by atoms with Gasteiger partial charge < -0.3 is 9.88 Å². The third kappa shape index (κ3) is 3.56. The summed E-state index contributed by atoms with van der Waals surface area (Å²) in [5.41, 5.74) is 0.817. The van der Waals surface area contributed by atoms with E-state index in [0.29, 0.717) is 12.5 Å². The summed E-state index contributed by atoms with van der Waals surface area (Å²) in [6, 6.07) is 10.5. The molecule has 0 bridgehead atoms. The summed E-state index contributed by atoms with van der Waals surface area (Å²) in [6.45, 7) is 0. The second-order valence-corrected chi connectivity index (χ2v) is 5.95. The van der Waals surface area contributed by atoms with Crippen molar-refractivity contribution < 1.29 is 9.18 Å². The fourth-order valence-electron chi connectivity index (χ4n) is 3.20. The van der Waals surface area contributed by atoms with E-state index in [2.05, 4.69) is 5.32 Å². The maximum atomic E-state index is 13.5. The Morgan fingerprint density at radius 2 is 1.95 bits per heavy atom. The number of hydrogen-bond acceptors (Lipinski definition) is 1. The van der Waals surface area contributed by atoms with Crippen LogP contribution in [0.2, 0.25) is 0 Å². The highest BCUT2D eigenvalue weighted by molar-refractivity contribution is 5.77. The zero-order valence-electron chi connectivity index (χ0n) is 12.5. The Morgan fingerprint density at radius 1 is 1.23 bits per heavy atom. The van der Waals surface area contributed by atoms with Gasteiger partial charge in [0.25, 0.3) is 0 Å². The molecule has 3 rings (SSSR count). The summed E-state index contributed by atoms with van der Waals surface area (Å²) >= 11 is 0. The topological polar surface area (TPSA) is 34.0 Å². The van der Waals surface area contributed by atoms with Crippen LogP contribution >= 0.6 is 0 Å². The van der Waals surface area contributed by atoms with Crippen molar-refractivity contribution in [3.63, 3.8) is 0 Å². The highest BCUT2D eigenvalue weighted by atomic mass is 19.1. The molecule has 1 aliphatic rings. The van der Waals surface area contributed by atoms with Gasteiger partial charge in [0.15, 0.2) is 0 Å². The van der Waals surface area contributed by atoms with Crippen molar-refractivity contribution >= 4 is 5.91 Å². The van der Waals surface area contributed by atoms with Gasteiger partial charge >= 0.3 is 0 Å². The summed E-state index contributed by atoms with van der Waals surface area (Å²) in [5.74, 6) is -0.235. The van der Waals surface area contributed by atoms with Crippen LogP contribution in [-0.2, 0) is 4.79 Å². The standard InChI is InChI=1S/C18H21FN2O/c19-15-7-5-6-14(12-15)17(21-10-3-4-11-21)13-18(22)20-16-8-1-2-9-16/h3-7,10-12,16-17H,1-2,8-9,13H2,(H,20,22). The third-order valence-electron chi connectivity index (χ3n) is 4.32. The number of halogens is 1. The fraction of sp³-hybridized carbons (Fsp3) is 0.389. The number of rotatable bonds is 5. The number of benzene rings is 1. The van der Waals surface area contributed by atoms with Crippen LogP contribution in [0.5, 0.6) is 0 Å². The number of aromatic nitrogens is 1. The minimum Gasteiger partial charge on any atom is -0.353 e. The maximum absolute atomic E-state index is 13.5. The lowest BCUT2D eigenvalue weighted by Gasteiger charge is -2.21. The molecule has 1 aromatic heterocycles.